The van der Waals surface area contributed by atoms with E-state index in [1.807, 2.05) is 19.1 Å². The molecule has 0 aliphatic heterocycles. The Labute approximate surface area is 109 Å². The molecule has 18 heavy (non-hydrogen) atoms. The number of hydrogen-bond donors (Lipinski definition) is 2. The van der Waals surface area contributed by atoms with Gasteiger partial charge in [-0.25, -0.2) is 0 Å². The molecular weight excluding hydrogens is 224 g/mol. The molecular formula is C15H22N2O. The zero-order chi connectivity index (χ0) is 13.1. The molecule has 2 rings (SSSR count). The Morgan fingerprint density at radius 3 is 2.83 bits per heavy atom. The molecule has 0 aromatic heterocycles. The quantitative estimate of drug-likeness (QED) is 0.839. The summed E-state index contributed by atoms with van der Waals surface area (Å²) in [5.41, 5.74) is 9.24. The minimum absolute atomic E-state index is 0.0269. The molecule has 1 aliphatic rings. The summed E-state index contributed by atoms with van der Waals surface area (Å²) in [4.78, 5) is 12.0. The van der Waals surface area contributed by atoms with Gasteiger partial charge in [-0.1, -0.05) is 25.1 Å². The molecule has 1 saturated carbocycles. The summed E-state index contributed by atoms with van der Waals surface area (Å²) < 4.78 is 0. The van der Waals surface area contributed by atoms with Crippen molar-refractivity contribution in [2.24, 2.45) is 11.7 Å². The lowest BCUT2D eigenvalue weighted by Crippen LogP contribution is -2.29. The molecule has 1 aliphatic carbocycles. The Kier molecular flexibility index (Phi) is 4.02. The number of rotatable bonds is 5. The summed E-state index contributed by atoms with van der Waals surface area (Å²) >= 11 is 0. The maximum Gasteiger partial charge on any atom is 0.225 e. The van der Waals surface area contributed by atoms with Crippen LogP contribution in [0.5, 0.6) is 0 Å². The van der Waals surface area contributed by atoms with E-state index < -0.39 is 0 Å². The lowest BCUT2D eigenvalue weighted by atomic mass is 10.0. The van der Waals surface area contributed by atoms with Crippen LogP contribution in [0, 0.1) is 12.8 Å². The standard InChI is InChI=1S/C15H22N2O/c1-3-11-6-4-5-10(2)15(11)17-14(18)9-13(16)12-7-8-12/h4-6,12-13H,3,7-9,16H2,1-2H3,(H,17,18). The van der Waals surface area contributed by atoms with Crippen LogP contribution in [0.4, 0.5) is 5.69 Å². The SMILES string of the molecule is CCc1cccc(C)c1NC(=O)CC(N)C1CC1. The molecule has 0 bridgehead atoms. The fourth-order valence-corrected chi connectivity index (χ4v) is 2.30. The van der Waals surface area contributed by atoms with E-state index >= 15 is 0 Å². The van der Waals surface area contributed by atoms with Crippen molar-refractivity contribution in [2.75, 3.05) is 5.32 Å². The van der Waals surface area contributed by atoms with Crippen LogP contribution in [0.15, 0.2) is 18.2 Å². The van der Waals surface area contributed by atoms with Crippen LogP contribution in [0.2, 0.25) is 0 Å². The summed E-state index contributed by atoms with van der Waals surface area (Å²) in [6.45, 7) is 4.12. The monoisotopic (exact) mass is 246 g/mol. The zero-order valence-corrected chi connectivity index (χ0v) is 11.2. The topological polar surface area (TPSA) is 55.1 Å². The second-order valence-electron chi connectivity index (χ2n) is 5.22. The van der Waals surface area contributed by atoms with Gasteiger partial charge in [-0.2, -0.15) is 0 Å². The number of amides is 1. The third kappa shape index (κ3) is 3.10. The highest BCUT2D eigenvalue weighted by atomic mass is 16.1. The van der Waals surface area contributed by atoms with Gasteiger partial charge in [-0.05, 0) is 43.2 Å². The van der Waals surface area contributed by atoms with Gasteiger partial charge in [-0.15, -0.1) is 0 Å². The van der Waals surface area contributed by atoms with Gasteiger partial charge in [0.15, 0.2) is 0 Å². The van der Waals surface area contributed by atoms with Crippen LogP contribution >= 0.6 is 0 Å². The fourth-order valence-electron chi connectivity index (χ4n) is 2.30. The molecule has 3 heteroatoms. The molecule has 98 valence electrons. The second-order valence-corrected chi connectivity index (χ2v) is 5.22. The number of hydrogen-bond acceptors (Lipinski definition) is 2. The number of carbonyl (C=O) groups excluding carboxylic acids is 1. The maximum atomic E-state index is 12.0. The summed E-state index contributed by atoms with van der Waals surface area (Å²) in [6.07, 6.45) is 3.71. The first-order valence-electron chi connectivity index (χ1n) is 6.75. The van der Waals surface area contributed by atoms with Gasteiger partial charge < -0.3 is 11.1 Å². The Morgan fingerprint density at radius 1 is 1.50 bits per heavy atom. The van der Waals surface area contributed by atoms with Crippen molar-refractivity contribution < 1.29 is 4.79 Å². The highest BCUT2D eigenvalue weighted by Gasteiger charge is 2.29. The van der Waals surface area contributed by atoms with Crippen molar-refractivity contribution in [3.63, 3.8) is 0 Å². The van der Waals surface area contributed by atoms with Crippen molar-refractivity contribution in [3.05, 3.63) is 29.3 Å². The van der Waals surface area contributed by atoms with Gasteiger partial charge in [0.05, 0.1) is 0 Å². The van der Waals surface area contributed by atoms with Crippen molar-refractivity contribution in [2.45, 2.75) is 45.6 Å². The van der Waals surface area contributed by atoms with Crippen LogP contribution in [-0.4, -0.2) is 11.9 Å². The van der Waals surface area contributed by atoms with E-state index in [2.05, 4.69) is 18.3 Å². The average molecular weight is 246 g/mol. The molecule has 0 radical (unpaired) electrons. The van der Waals surface area contributed by atoms with Crippen LogP contribution in [0.3, 0.4) is 0 Å². The van der Waals surface area contributed by atoms with Gasteiger partial charge in [0.2, 0.25) is 5.91 Å². The zero-order valence-electron chi connectivity index (χ0n) is 11.2. The number of nitrogens with two attached hydrogens (primary N) is 1. The Morgan fingerprint density at radius 2 is 2.22 bits per heavy atom. The first kappa shape index (κ1) is 13.1. The fraction of sp³-hybridized carbons (Fsp3) is 0.533. The maximum absolute atomic E-state index is 12.0. The van der Waals surface area contributed by atoms with E-state index in [1.165, 1.54) is 18.4 Å². The highest BCUT2D eigenvalue weighted by Crippen LogP contribution is 2.33. The molecule has 1 fully saturated rings. The van der Waals surface area contributed by atoms with Crippen LogP contribution in [0.25, 0.3) is 0 Å². The summed E-state index contributed by atoms with van der Waals surface area (Å²) in [6, 6.07) is 6.14. The molecule has 1 aromatic carbocycles. The Hall–Kier alpha value is -1.35. The van der Waals surface area contributed by atoms with Crippen molar-refractivity contribution in [3.8, 4) is 0 Å². The molecule has 1 aromatic rings. The van der Waals surface area contributed by atoms with E-state index in [9.17, 15) is 4.79 Å². The van der Waals surface area contributed by atoms with E-state index in [0.29, 0.717) is 12.3 Å². The van der Waals surface area contributed by atoms with Crippen molar-refractivity contribution >= 4 is 11.6 Å². The predicted octanol–water partition coefficient (Wildman–Crippen LogP) is 2.62. The predicted molar refractivity (Wildman–Crippen MR) is 74.5 cm³/mol. The second kappa shape index (κ2) is 5.53. The number of nitrogens with one attached hydrogen (secondary N) is 1. The smallest absolute Gasteiger partial charge is 0.225 e. The number of aryl methyl sites for hydroxylation is 2. The molecule has 3 nitrogen and oxygen atoms in total. The number of anilines is 1. The average Bonchev–Trinajstić information content (AvgIpc) is 3.15. The Balaban J connectivity index is 2.01. The summed E-state index contributed by atoms with van der Waals surface area (Å²) in [5.74, 6) is 0.608. The molecule has 0 saturated heterocycles. The number of carbonyl (C=O) groups is 1. The molecule has 1 unspecified atom stereocenters. The number of para-hydroxylation sites is 1. The lowest BCUT2D eigenvalue weighted by Gasteiger charge is -2.15. The van der Waals surface area contributed by atoms with E-state index in [4.69, 9.17) is 5.73 Å². The molecule has 1 amide bonds. The van der Waals surface area contributed by atoms with Crippen LogP contribution in [0.1, 0.15) is 37.3 Å². The molecule has 3 N–H and O–H groups in total. The normalized spacial score (nSPS) is 16.4. The lowest BCUT2D eigenvalue weighted by molar-refractivity contribution is -0.116. The first-order valence-corrected chi connectivity index (χ1v) is 6.75. The highest BCUT2D eigenvalue weighted by molar-refractivity contribution is 5.92. The van der Waals surface area contributed by atoms with Gasteiger partial charge in [0.25, 0.3) is 0 Å². The van der Waals surface area contributed by atoms with Crippen LogP contribution < -0.4 is 11.1 Å². The van der Waals surface area contributed by atoms with Gasteiger partial charge in [0, 0.05) is 18.2 Å². The van der Waals surface area contributed by atoms with Gasteiger partial charge in [-0.3, -0.25) is 4.79 Å². The third-order valence-electron chi connectivity index (χ3n) is 3.65. The number of benzene rings is 1. The Bertz CT molecular complexity index is 438. The third-order valence-corrected chi connectivity index (χ3v) is 3.65. The molecule has 1 atom stereocenters. The van der Waals surface area contributed by atoms with Crippen LogP contribution in [-0.2, 0) is 11.2 Å². The van der Waals surface area contributed by atoms with Crippen molar-refractivity contribution in [1.29, 1.82) is 0 Å². The van der Waals surface area contributed by atoms with Gasteiger partial charge in [0.1, 0.15) is 0 Å². The van der Waals surface area contributed by atoms with Crippen molar-refractivity contribution in [1.82, 2.24) is 0 Å². The van der Waals surface area contributed by atoms with E-state index in [-0.39, 0.29) is 11.9 Å². The van der Waals surface area contributed by atoms with E-state index in [1.54, 1.807) is 0 Å². The summed E-state index contributed by atoms with van der Waals surface area (Å²) in [7, 11) is 0. The summed E-state index contributed by atoms with van der Waals surface area (Å²) in [5, 5.41) is 3.02. The van der Waals surface area contributed by atoms with E-state index in [0.717, 1.165) is 17.7 Å². The largest absolute Gasteiger partial charge is 0.327 e. The molecule has 0 spiro atoms. The minimum Gasteiger partial charge on any atom is -0.327 e. The minimum atomic E-state index is 0.0269. The van der Waals surface area contributed by atoms with Gasteiger partial charge >= 0.3 is 0 Å². The first-order chi connectivity index (χ1) is 8.61. The molecule has 0 heterocycles.